The van der Waals surface area contributed by atoms with Crippen molar-refractivity contribution in [3.63, 3.8) is 0 Å². The number of anilines is 1. The zero-order valence-electron chi connectivity index (χ0n) is 11.7. The van der Waals surface area contributed by atoms with E-state index in [0.717, 1.165) is 12.8 Å². The second-order valence-electron chi connectivity index (χ2n) is 5.94. The van der Waals surface area contributed by atoms with Gasteiger partial charge < -0.3 is 14.6 Å². The van der Waals surface area contributed by atoms with E-state index in [9.17, 15) is 13.2 Å². The van der Waals surface area contributed by atoms with Gasteiger partial charge in [-0.1, -0.05) is 0 Å². The van der Waals surface area contributed by atoms with Crippen LogP contribution in [-0.2, 0) is 10.9 Å². The van der Waals surface area contributed by atoms with Crippen LogP contribution < -0.4 is 4.90 Å². The van der Waals surface area contributed by atoms with Crippen molar-refractivity contribution < 1.29 is 17.9 Å². The van der Waals surface area contributed by atoms with Crippen molar-refractivity contribution in [2.24, 2.45) is 5.41 Å². The number of ether oxygens (including phenoxy) is 1. The molecule has 2 aromatic rings. The molecule has 1 saturated heterocycles. The predicted molar refractivity (Wildman–Crippen MR) is 71.4 cm³/mol. The number of fused-ring (bicyclic) bond motifs is 1. The van der Waals surface area contributed by atoms with Gasteiger partial charge in [-0.15, -0.1) is 0 Å². The Labute approximate surface area is 123 Å². The van der Waals surface area contributed by atoms with E-state index < -0.39 is 12.0 Å². The van der Waals surface area contributed by atoms with Crippen molar-refractivity contribution >= 4 is 17.0 Å². The van der Waals surface area contributed by atoms with Crippen molar-refractivity contribution in [1.29, 1.82) is 0 Å². The molecule has 6 nitrogen and oxygen atoms in total. The fourth-order valence-corrected chi connectivity index (χ4v) is 2.83. The van der Waals surface area contributed by atoms with Gasteiger partial charge in [0.05, 0.1) is 19.5 Å². The molecule has 1 aliphatic heterocycles. The lowest BCUT2D eigenvalue weighted by molar-refractivity contribution is -0.144. The Morgan fingerprint density at radius 3 is 2.82 bits per heavy atom. The zero-order valence-corrected chi connectivity index (χ0v) is 11.7. The number of rotatable bonds is 1. The van der Waals surface area contributed by atoms with Crippen molar-refractivity contribution in [2.45, 2.75) is 19.0 Å². The molecule has 0 radical (unpaired) electrons. The lowest BCUT2D eigenvalue weighted by Gasteiger charge is -2.25. The molecule has 1 saturated carbocycles. The Kier molecular flexibility index (Phi) is 2.84. The molecule has 2 fully saturated rings. The molecule has 4 rings (SSSR count). The average Bonchev–Trinajstić information content (AvgIpc) is 3.12. The van der Waals surface area contributed by atoms with Gasteiger partial charge in [-0.2, -0.15) is 13.2 Å². The lowest BCUT2D eigenvalue weighted by atomic mass is 10.1. The first-order valence-corrected chi connectivity index (χ1v) is 7.08. The molecule has 3 heterocycles. The number of aromatic amines is 1. The van der Waals surface area contributed by atoms with Gasteiger partial charge >= 0.3 is 6.18 Å². The second-order valence-corrected chi connectivity index (χ2v) is 5.94. The van der Waals surface area contributed by atoms with Gasteiger partial charge in [0, 0.05) is 18.5 Å². The van der Waals surface area contributed by atoms with Crippen LogP contribution in [0.2, 0.25) is 0 Å². The number of nitrogens with zero attached hydrogens (tertiary/aromatic N) is 4. The third kappa shape index (κ3) is 2.29. The number of H-pyrrole nitrogens is 1. The lowest BCUT2D eigenvalue weighted by Crippen LogP contribution is -2.32. The first-order chi connectivity index (χ1) is 10.5. The Hall–Kier alpha value is -1.90. The van der Waals surface area contributed by atoms with E-state index in [1.54, 1.807) is 0 Å². The highest BCUT2D eigenvalue weighted by atomic mass is 19.4. The molecular weight excluding hydrogens is 299 g/mol. The molecule has 1 aliphatic carbocycles. The van der Waals surface area contributed by atoms with E-state index in [2.05, 4.69) is 19.9 Å². The first-order valence-electron chi connectivity index (χ1n) is 7.08. The molecule has 0 unspecified atom stereocenters. The van der Waals surface area contributed by atoms with Crippen LogP contribution in [0, 0.1) is 5.41 Å². The quantitative estimate of drug-likeness (QED) is 0.872. The Balaban J connectivity index is 1.80. The third-order valence-corrected chi connectivity index (χ3v) is 4.22. The molecular formula is C13H14F3N5O. The fraction of sp³-hybridized carbons (Fsp3) is 0.615. The largest absolute Gasteiger partial charge is 0.451 e. The summed E-state index contributed by atoms with van der Waals surface area (Å²) in [6, 6.07) is 0. The van der Waals surface area contributed by atoms with Crippen LogP contribution in [0.5, 0.6) is 0 Å². The highest BCUT2D eigenvalue weighted by Crippen LogP contribution is 2.48. The number of imidazole rings is 1. The number of hydrogen-bond donors (Lipinski definition) is 1. The average molecular weight is 313 g/mol. The van der Waals surface area contributed by atoms with E-state index in [1.807, 2.05) is 4.90 Å². The minimum atomic E-state index is -4.60. The van der Waals surface area contributed by atoms with Gasteiger partial charge in [0.15, 0.2) is 11.5 Å². The zero-order chi connectivity index (χ0) is 15.4. The van der Waals surface area contributed by atoms with Gasteiger partial charge in [-0.05, 0) is 12.8 Å². The first kappa shape index (κ1) is 13.7. The fourth-order valence-electron chi connectivity index (χ4n) is 2.83. The van der Waals surface area contributed by atoms with Gasteiger partial charge in [-0.3, -0.25) is 0 Å². The maximum atomic E-state index is 13.0. The van der Waals surface area contributed by atoms with Crippen LogP contribution in [0.4, 0.5) is 19.0 Å². The van der Waals surface area contributed by atoms with Crippen LogP contribution in [0.25, 0.3) is 11.2 Å². The number of halogens is 3. The summed E-state index contributed by atoms with van der Waals surface area (Å²) in [5, 5.41) is 0. The van der Waals surface area contributed by atoms with Crippen LogP contribution in [0.1, 0.15) is 18.7 Å². The summed E-state index contributed by atoms with van der Waals surface area (Å²) >= 11 is 0. The number of alkyl halides is 3. The van der Waals surface area contributed by atoms with Crippen LogP contribution >= 0.6 is 0 Å². The van der Waals surface area contributed by atoms with Gasteiger partial charge in [0.25, 0.3) is 0 Å². The molecule has 1 spiro atoms. The molecule has 2 aromatic heterocycles. The predicted octanol–water partition coefficient (Wildman–Crippen LogP) is 1.99. The highest BCUT2D eigenvalue weighted by Gasteiger charge is 2.46. The van der Waals surface area contributed by atoms with Crippen molar-refractivity contribution in [1.82, 2.24) is 19.9 Å². The SMILES string of the molecule is FC(F)(F)c1nc(N2CCOCC3(CC3)C2)c2[nH]cnc2n1. The summed E-state index contributed by atoms with van der Waals surface area (Å²) in [6.07, 6.45) is -1.19. The summed E-state index contributed by atoms with van der Waals surface area (Å²) in [7, 11) is 0. The van der Waals surface area contributed by atoms with Gasteiger partial charge in [0.1, 0.15) is 5.52 Å². The molecule has 1 N–H and O–H groups in total. The normalized spacial score (nSPS) is 21.3. The van der Waals surface area contributed by atoms with Gasteiger partial charge in [0.2, 0.25) is 5.82 Å². The highest BCUT2D eigenvalue weighted by molar-refractivity contribution is 5.83. The van der Waals surface area contributed by atoms with Crippen molar-refractivity contribution in [3.8, 4) is 0 Å². The molecule has 0 bridgehead atoms. The van der Waals surface area contributed by atoms with Crippen molar-refractivity contribution in [3.05, 3.63) is 12.2 Å². The molecule has 2 aliphatic rings. The van der Waals surface area contributed by atoms with E-state index in [1.165, 1.54) is 6.33 Å². The third-order valence-electron chi connectivity index (χ3n) is 4.22. The van der Waals surface area contributed by atoms with E-state index in [-0.39, 0.29) is 16.9 Å². The van der Waals surface area contributed by atoms with Crippen LogP contribution in [0.15, 0.2) is 6.33 Å². The Bertz CT molecular complexity index is 709. The van der Waals surface area contributed by atoms with Gasteiger partial charge in [-0.25, -0.2) is 15.0 Å². The molecule has 0 atom stereocenters. The topological polar surface area (TPSA) is 66.9 Å². The Morgan fingerprint density at radius 2 is 2.09 bits per heavy atom. The minimum Gasteiger partial charge on any atom is -0.379 e. The standard InChI is InChI=1S/C13H14F3N5O/c14-13(15,16)11-19-9-8(17-7-18-9)10(20-11)21-3-4-22-6-12(5-21)1-2-12/h7H,1-6H2,(H,17,18,19,20). The van der Waals surface area contributed by atoms with Crippen LogP contribution in [-0.4, -0.2) is 46.2 Å². The molecule has 22 heavy (non-hydrogen) atoms. The molecule has 118 valence electrons. The Morgan fingerprint density at radius 1 is 1.27 bits per heavy atom. The minimum absolute atomic E-state index is 0.0346. The van der Waals surface area contributed by atoms with E-state index in [4.69, 9.17) is 4.74 Å². The molecule has 0 amide bonds. The summed E-state index contributed by atoms with van der Waals surface area (Å²) in [5.41, 5.74) is 0.532. The van der Waals surface area contributed by atoms with E-state index in [0.29, 0.717) is 31.8 Å². The summed E-state index contributed by atoms with van der Waals surface area (Å²) in [4.78, 5) is 15.8. The molecule has 0 aromatic carbocycles. The van der Waals surface area contributed by atoms with E-state index >= 15 is 0 Å². The maximum absolute atomic E-state index is 13.0. The van der Waals surface area contributed by atoms with Crippen LogP contribution in [0.3, 0.4) is 0 Å². The van der Waals surface area contributed by atoms with Crippen molar-refractivity contribution in [2.75, 3.05) is 31.2 Å². The second kappa shape index (κ2) is 4.55. The number of nitrogens with one attached hydrogen (secondary N) is 1. The maximum Gasteiger partial charge on any atom is 0.451 e. The molecule has 9 heteroatoms. The summed E-state index contributed by atoms with van der Waals surface area (Å²) in [6.45, 7) is 2.29. The smallest absolute Gasteiger partial charge is 0.379 e. The number of hydrogen-bond acceptors (Lipinski definition) is 5. The summed E-state index contributed by atoms with van der Waals surface area (Å²) in [5.74, 6) is -0.899. The monoisotopic (exact) mass is 313 g/mol. The summed E-state index contributed by atoms with van der Waals surface area (Å²) < 4.78 is 44.6. The number of aromatic nitrogens is 4.